The average molecular weight is 316 g/mol. The number of nitrogens with one attached hydrogen (secondary N) is 1. The van der Waals surface area contributed by atoms with Gasteiger partial charge in [-0.3, -0.25) is 4.90 Å². The van der Waals surface area contributed by atoms with Crippen molar-refractivity contribution in [3.8, 4) is 0 Å². The van der Waals surface area contributed by atoms with E-state index in [2.05, 4.69) is 23.5 Å². The quantitative estimate of drug-likeness (QED) is 0.828. The zero-order valence-corrected chi connectivity index (χ0v) is 14.0. The van der Waals surface area contributed by atoms with Crippen molar-refractivity contribution < 1.29 is 13.2 Å². The number of sulfonamides is 1. The lowest BCUT2D eigenvalue weighted by Crippen LogP contribution is -2.55. The van der Waals surface area contributed by atoms with Gasteiger partial charge in [-0.2, -0.15) is 0 Å². The summed E-state index contributed by atoms with van der Waals surface area (Å²) in [4.78, 5) is 2.32. The van der Waals surface area contributed by atoms with Crippen LogP contribution in [0.4, 0.5) is 0 Å². The van der Waals surface area contributed by atoms with Crippen LogP contribution in [0.2, 0.25) is 0 Å². The number of nitrogens with zero attached hydrogens (tertiary/aromatic N) is 1. The fourth-order valence-electron chi connectivity index (χ4n) is 4.30. The number of hydrogen-bond donors (Lipinski definition) is 1. The highest BCUT2D eigenvalue weighted by atomic mass is 32.2. The number of fused-ring (bicyclic) bond motifs is 2. The highest BCUT2D eigenvalue weighted by molar-refractivity contribution is 7.90. The number of hydrogen-bond acceptors (Lipinski definition) is 4. The van der Waals surface area contributed by atoms with E-state index in [1.54, 1.807) is 0 Å². The monoisotopic (exact) mass is 316 g/mol. The summed E-state index contributed by atoms with van der Waals surface area (Å²) in [5.74, 6) is 1.07. The van der Waals surface area contributed by atoms with Gasteiger partial charge in [-0.1, -0.05) is 6.42 Å². The van der Waals surface area contributed by atoms with E-state index < -0.39 is 10.0 Å². The lowest BCUT2D eigenvalue weighted by atomic mass is 10.0. The fourth-order valence-corrected chi connectivity index (χ4v) is 6.17. The summed E-state index contributed by atoms with van der Waals surface area (Å²) in [6.45, 7) is 7.90. The molecule has 2 bridgehead atoms. The van der Waals surface area contributed by atoms with Crippen molar-refractivity contribution in [2.45, 2.75) is 50.3 Å². The zero-order chi connectivity index (χ0) is 15.1. The van der Waals surface area contributed by atoms with Crippen molar-refractivity contribution in [1.29, 1.82) is 0 Å². The van der Waals surface area contributed by atoms with Crippen molar-refractivity contribution in [3.63, 3.8) is 0 Å². The first-order valence-corrected chi connectivity index (χ1v) is 9.74. The van der Waals surface area contributed by atoms with Gasteiger partial charge in [-0.05, 0) is 44.9 Å². The molecule has 0 spiro atoms. The Hall–Kier alpha value is -0.170. The van der Waals surface area contributed by atoms with Gasteiger partial charge in [-0.15, -0.1) is 0 Å². The summed E-state index contributed by atoms with van der Waals surface area (Å²) in [7, 11) is -3.14. The van der Waals surface area contributed by atoms with E-state index in [9.17, 15) is 8.42 Å². The molecule has 1 aliphatic heterocycles. The molecular weight excluding hydrogens is 288 g/mol. The first-order chi connectivity index (χ1) is 9.88. The van der Waals surface area contributed by atoms with Gasteiger partial charge in [0.05, 0.1) is 18.5 Å². The van der Waals surface area contributed by atoms with Crippen LogP contribution in [0.25, 0.3) is 0 Å². The van der Waals surface area contributed by atoms with E-state index in [1.165, 1.54) is 6.42 Å². The lowest BCUT2D eigenvalue weighted by molar-refractivity contribution is -0.0495. The van der Waals surface area contributed by atoms with Crippen molar-refractivity contribution >= 4 is 10.0 Å². The molecule has 3 atom stereocenters. The summed E-state index contributed by atoms with van der Waals surface area (Å²) >= 11 is 0. The molecule has 1 N–H and O–H groups in total. The van der Waals surface area contributed by atoms with Crippen LogP contribution in [0.5, 0.6) is 0 Å². The zero-order valence-electron chi connectivity index (χ0n) is 13.2. The topological polar surface area (TPSA) is 58.6 Å². The molecule has 21 heavy (non-hydrogen) atoms. The Bertz CT molecular complexity index is 477. The molecule has 0 radical (unpaired) electrons. The van der Waals surface area contributed by atoms with E-state index in [-0.39, 0.29) is 10.8 Å². The molecule has 0 aromatic heterocycles. The molecule has 6 heteroatoms. The molecular formula is C15H28N2O3S. The molecule has 122 valence electrons. The highest BCUT2D eigenvalue weighted by Gasteiger charge is 2.45. The number of rotatable bonds is 5. The summed E-state index contributed by atoms with van der Waals surface area (Å²) < 4.78 is 33.3. The molecule has 0 aromatic carbocycles. The Morgan fingerprint density at radius 2 is 2.10 bits per heavy atom. The minimum Gasteiger partial charge on any atom is -0.378 e. The minimum absolute atomic E-state index is 0.00385. The van der Waals surface area contributed by atoms with Gasteiger partial charge in [0.1, 0.15) is 0 Å². The SMILES string of the molecule is CC1(C)COCCN1CCNS(=O)(=O)C1C[C@@H]2CC[C@H]1C2. The predicted molar refractivity (Wildman–Crippen MR) is 82.6 cm³/mol. The minimum atomic E-state index is -3.14. The van der Waals surface area contributed by atoms with Crippen LogP contribution in [0.3, 0.4) is 0 Å². The second-order valence-corrected chi connectivity index (χ2v) is 9.49. The van der Waals surface area contributed by atoms with E-state index in [0.29, 0.717) is 25.0 Å². The summed E-state index contributed by atoms with van der Waals surface area (Å²) in [6, 6.07) is 0. The van der Waals surface area contributed by atoms with E-state index in [4.69, 9.17) is 4.74 Å². The summed E-state index contributed by atoms with van der Waals surface area (Å²) in [6.07, 6.45) is 4.34. The van der Waals surface area contributed by atoms with Crippen molar-refractivity contribution in [2.75, 3.05) is 32.8 Å². The third-order valence-corrected chi connectivity index (χ3v) is 7.55. The van der Waals surface area contributed by atoms with Crippen LogP contribution in [0.1, 0.15) is 39.5 Å². The second-order valence-electron chi connectivity index (χ2n) is 7.50. The molecule has 2 aliphatic carbocycles. The van der Waals surface area contributed by atoms with Crippen LogP contribution >= 0.6 is 0 Å². The van der Waals surface area contributed by atoms with Gasteiger partial charge in [0, 0.05) is 25.2 Å². The molecule has 1 saturated heterocycles. The first-order valence-electron chi connectivity index (χ1n) is 8.20. The molecule has 1 heterocycles. The maximum Gasteiger partial charge on any atom is 0.214 e. The highest BCUT2D eigenvalue weighted by Crippen LogP contribution is 2.47. The number of morpholine rings is 1. The molecule has 0 amide bonds. The Morgan fingerprint density at radius 3 is 2.71 bits per heavy atom. The predicted octanol–water partition coefficient (Wildman–Crippen LogP) is 1.21. The standard InChI is InChI=1S/C15H28N2O3S/c1-15(2)11-20-8-7-17(15)6-5-16-21(18,19)14-10-12-3-4-13(14)9-12/h12-14,16H,3-11H2,1-2H3/t12-,13+,14?/m1/s1. The maximum atomic E-state index is 12.5. The van der Waals surface area contributed by atoms with Crippen LogP contribution in [-0.2, 0) is 14.8 Å². The van der Waals surface area contributed by atoms with E-state index in [0.717, 1.165) is 39.0 Å². The van der Waals surface area contributed by atoms with Crippen LogP contribution < -0.4 is 4.72 Å². The van der Waals surface area contributed by atoms with Crippen molar-refractivity contribution in [3.05, 3.63) is 0 Å². The van der Waals surface area contributed by atoms with Gasteiger partial charge in [0.15, 0.2) is 0 Å². The second kappa shape index (κ2) is 5.80. The fraction of sp³-hybridized carbons (Fsp3) is 1.00. The molecule has 3 rings (SSSR count). The van der Waals surface area contributed by atoms with Gasteiger partial charge in [0.2, 0.25) is 10.0 Å². The summed E-state index contributed by atoms with van der Waals surface area (Å²) in [5, 5.41) is -0.131. The van der Waals surface area contributed by atoms with Gasteiger partial charge in [0.25, 0.3) is 0 Å². The summed E-state index contributed by atoms with van der Waals surface area (Å²) in [5.41, 5.74) is -0.00385. The van der Waals surface area contributed by atoms with Crippen molar-refractivity contribution in [1.82, 2.24) is 9.62 Å². The molecule has 1 unspecified atom stereocenters. The van der Waals surface area contributed by atoms with E-state index in [1.807, 2.05) is 0 Å². The third-order valence-electron chi connectivity index (χ3n) is 5.57. The Labute approximate surface area is 128 Å². The average Bonchev–Trinajstić information content (AvgIpc) is 3.03. The Balaban J connectivity index is 1.50. The molecule has 0 aromatic rings. The van der Waals surface area contributed by atoms with Gasteiger partial charge < -0.3 is 4.74 Å². The van der Waals surface area contributed by atoms with Crippen molar-refractivity contribution in [2.24, 2.45) is 11.8 Å². The van der Waals surface area contributed by atoms with Crippen LogP contribution in [0.15, 0.2) is 0 Å². The molecule has 3 fully saturated rings. The lowest BCUT2D eigenvalue weighted by Gasteiger charge is -2.42. The maximum absolute atomic E-state index is 12.5. The molecule has 2 saturated carbocycles. The normalized spacial score (nSPS) is 36.2. The van der Waals surface area contributed by atoms with Gasteiger partial charge >= 0.3 is 0 Å². The molecule has 5 nitrogen and oxygen atoms in total. The third kappa shape index (κ3) is 3.28. The number of ether oxygens (including phenoxy) is 1. The van der Waals surface area contributed by atoms with Crippen LogP contribution in [-0.4, -0.2) is 57.0 Å². The van der Waals surface area contributed by atoms with Gasteiger partial charge in [-0.25, -0.2) is 13.1 Å². The smallest absolute Gasteiger partial charge is 0.214 e. The van der Waals surface area contributed by atoms with Crippen LogP contribution in [0, 0.1) is 11.8 Å². The largest absolute Gasteiger partial charge is 0.378 e. The Morgan fingerprint density at radius 1 is 1.29 bits per heavy atom. The first kappa shape index (κ1) is 15.7. The van der Waals surface area contributed by atoms with E-state index >= 15 is 0 Å². The molecule has 3 aliphatic rings. The Kier molecular flexibility index (Phi) is 4.34.